The molecule has 0 fully saturated rings. The van der Waals surface area contributed by atoms with Gasteiger partial charge in [-0.3, -0.25) is 0 Å². The molecule has 0 bridgehead atoms. The highest BCUT2D eigenvalue weighted by molar-refractivity contribution is 5.80. The number of anilines is 1. The van der Waals surface area contributed by atoms with Crippen molar-refractivity contribution in [3.8, 4) is 5.75 Å². The van der Waals surface area contributed by atoms with E-state index < -0.39 is 0 Å². The summed E-state index contributed by atoms with van der Waals surface area (Å²) < 4.78 is 20.1. The van der Waals surface area contributed by atoms with Crippen LogP contribution in [0.1, 0.15) is 18.2 Å². The third-order valence-electron chi connectivity index (χ3n) is 2.37. The molecule has 1 heterocycles. The second kappa shape index (κ2) is 5.51. The Morgan fingerprint density at radius 3 is 2.89 bits per heavy atom. The van der Waals surface area contributed by atoms with Crippen LogP contribution in [0, 0.1) is 12.7 Å². The Bertz CT molecular complexity index is 607. The lowest BCUT2D eigenvalue weighted by Gasteiger charge is -2.04. The fourth-order valence-corrected chi connectivity index (χ4v) is 1.63. The van der Waals surface area contributed by atoms with Gasteiger partial charge in [0.05, 0.1) is 24.7 Å². The average Bonchev–Trinajstić information content (AvgIpc) is 2.65. The van der Waals surface area contributed by atoms with Crippen molar-refractivity contribution < 1.29 is 9.13 Å². The standard InChI is InChI=1S/C13H15FN4O/c1-3-19-12-5-10(4-11(14)6-12)7-16-18-8-9(2)17-13(18)15/h4-8H,3H2,1-2H3,(H2,15,17). The lowest BCUT2D eigenvalue weighted by molar-refractivity contribution is 0.338. The molecule has 1 aromatic carbocycles. The van der Waals surface area contributed by atoms with Gasteiger partial charge < -0.3 is 10.5 Å². The first-order valence-corrected chi connectivity index (χ1v) is 5.87. The second-order valence-electron chi connectivity index (χ2n) is 3.98. The molecule has 0 unspecified atom stereocenters. The van der Waals surface area contributed by atoms with E-state index >= 15 is 0 Å². The van der Waals surface area contributed by atoms with E-state index in [1.54, 1.807) is 12.3 Å². The fraction of sp³-hybridized carbons (Fsp3) is 0.231. The van der Waals surface area contributed by atoms with Gasteiger partial charge in [-0.05, 0) is 26.0 Å². The van der Waals surface area contributed by atoms with Crippen LogP contribution >= 0.6 is 0 Å². The number of nitrogens with two attached hydrogens (primary N) is 1. The van der Waals surface area contributed by atoms with E-state index in [0.29, 0.717) is 17.9 Å². The molecule has 19 heavy (non-hydrogen) atoms. The first-order valence-electron chi connectivity index (χ1n) is 5.87. The molecule has 0 aliphatic rings. The van der Waals surface area contributed by atoms with Gasteiger partial charge in [0.15, 0.2) is 0 Å². The number of ether oxygens (including phenoxy) is 1. The van der Waals surface area contributed by atoms with E-state index in [9.17, 15) is 4.39 Å². The minimum Gasteiger partial charge on any atom is -0.494 e. The van der Waals surface area contributed by atoms with Gasteiger partial charge in [0.2, 0.25) is 5.95 Å². The van der Waals surface area contributed by atoms with Crippen molar-refractivity contribution in [1.82, 2.24) is 9.66 Å². The number of aromatic nitrogens is 2. The summed E-state index contributed by atoms with van der Waals surface area (Å²) >= 11 is 0. The monoisotopic (exact) mass is 262 g/mol. The topological polar surface area (TPSA) is 65.4 Å². The number of hydrogen-bond donors (Lipinski definition) is 1. The normalized spacial score (nSPS) is 11.1. The Balaban J connectivity index is 2.25. The summed E-state index contributed by atoms with van der Waals surface area (Å²) in [7, 11) is 0. The Labute approximate surface area is 110 Å². The summed E-state index contributed by atoms with van der Waals surface area (Å²) in [6.45, 7) is 4.14. The molecule has 0 aliphatic carbocycles. The Hall–Kier alpha value is -2.37. The quantitative estimate of drug-likeness (QED) is 0.859. The Morgan fingerprint density at radius 2 is 2.26 bits per heavy atom. The zero-order chi connectivity index (χ0) is 13.8. The van der Waals surface area contributed by atoms with Crippen LogP contribution in [0.2, 0.25) is 0 Å². The fourth-order valence-electron chi connectivity index (χ4n) is 1.63. The molecule has 0 aliphatic heterocycles. The van der Waals surface area contributed by atoms with Crippen LogP contribution in [0.15, 0.2) is 29.5 Å². The molecule has 2 N–H and O–H groups in total. The van der Waals surface area contributed by atoms with Crippen LogP contribution in [-0.4, -0.2) is 22.5 Å². The van der Waals surface area contributed by atoms with Crippen LogP contribution in [0.25, 0.3) is 0 Å². The molecule has 0 spiro atoms. The summed E-state index contributed by atoms with van der Waals surface area (Å²) in [4.78, 5) is 4.02. The molecule has 0 atom stereocenters. The van der Waals surface area contributed by atoms with Crippen molar-refractivity contribution in [1.29, 1.82) is 0 Å². The van der Waals surface area contributed by atoms with Crippen LogP contribution < -0.4 is 10.5 Å². The van der Waals surface area contributed by atoms with Crippen molar-refractivity contribution in [3.63, 3.8) is 0 Å². The van der Waals surface area contributed by atoms with E-state index in [-0.39, 0.29) is 11.8 Å². The van der Waals surface area contributed by atoms with E-state index in [1.165, 1.54) is 23.0 Å². The smallest absolute Gasteiger partial charge is 0.221 e. The van der Waals surface area contributed by atoms with Crippen LogP contribution in [-0.2, 0) is 0 Å². The number of nitrogen functional groups attached to an aromatic ring is 1. The minimum absolute atomic E-state index is 0.287. The zero-order valence-corrected chi connectivity index (χ0v) is 10.8. The van der Waals surface area contributed by atoms with Gasteiger partial charge in [0, 0.05) is 11.6 Å². The molecule has 100 valence electrons. The molecule has 2 aromatic rings. The van der Waals surface area contributed by atoms with Gasteiger partial charge in [-0.25, -0.2) is 14.1 Å². The lowest BCUT2D eigenvalue weighted by atomic mass is 10.2. The van der Waals surface area contributed by atoms with Gasteiger partial charge in [-0.2, -0.15) is 5.10 Å². The summed E-state index contributed by atoms with van der Waals surface area (Å²) in [5, 5.41) is 4.12. The summed E-state index contributed by atoms with van der Waals surface area (Å²) in [5.74, 6) is 0.385. The SMILES string of the molecule is CCOc1cc(F)cc(C=Nn2cc(C)nc2N)c1. The van der Waals surface area contributed by atoms with Crippen molar-refractivity contribution in [2.75, 3.05) is 12.3 Å². The molecule has 0 saturated carbocycles. The van der Waals surface area contributed by atoms with Gasteiger partial charge in [0.1, 0.15) is 11.6 Å². The van der Waals surface area contributed by atoms with Crippen molar-refractivity contribution in [2.24, 2.45) is 5.10 Å². The van der Waals surface area contributed by atoms with E-state index in [1.807, 2.05) is 13.8 Å². The summed E-state index contributed by atoms with van der Waals surface area (Å²) in [6.07, 6.45) is 3.19. The Morgan fingerprint density at radius 1 is 1.47 bits per heavy atom. The maximum absolute atomic E-state index is 13.4. The highest BCUT2D eigenvalue weighted by Gasteiger charge is 2.01. The number of nitrogens with zero attached hydrogens (tertiary/aromatic N) is 3. The number of rotatable bonds is 4. The number of imidazole rings is 1. The summed E-state index contributed by atoms with van der Waals surface area (Å²) in [6, 6.07) is 4.40. The van der Waals surface area contributed by atoms with Crippen LogP contribution in [0.4, 0.5) is 10.3 Å². The molecular formula is C13H15FN4O. The first kappa shape index (κ1) is 13.1. The van der Waals surface area contributed by atoms with Gasteiger partial charge in [-0.1, -0.05) is 0 Å². The maximum atomic E-state index is 13.4. The summed E-state index contributed by atoms with van der Waals surface area (Å²) in [5.41, 5.74) is 7.01. The van der Waals surface area contributed by atoms with E-state index in [2.05, 4.69) is 10.1 Å². The zero-order valence-electron chi connectivity index (χ0n) is 10.8. The highest BCUT2D eigenvalue weighted by atomic mass is 19.1. The number of hydrogen-bond acceptors (Lipinski definition) is 4. The number of benzene rings is 1. The maximum Gasteiger partial charge on any atom is 0.221 e. The highest BCUT2D eigenvalue weighted by Crippen LogP contribution is 2.15. The van der Waals surface area contributed by atoms with Crippen molar-refractivity contribution in [2.45, 2.75) is 13.8 Å². The largest absolute Gasteiger partial charge is 0.494 e. The molecule has 2 rings (SSSR count). The van der Waals surface area contributed by atoms with Gasteiger partial charge in [-0.15, -0.1) is 0 Å². The van der Waals surface area contributed by atoms with E-state index in [4.69, 9.17) is 10.5 Å². The molecule has 0 saturated heterocycles. The molecule has 5 nitrogen and oxygen atoms in total. The molecular weight excluding hydrogens is 247 g/mol. The molecule has 1 aromatic heterocycles. The van der Waals surface area contributed by atoms with E-state index in [0.717, 1.165) is 5.69 Å². The molecule has 0 radical (unpaired) electrons. The van der Waals surface area contributed by atoms with Crippen molar-refractivity contribution >= 4 is 12.2 Å². The van der Waals surface area contributed by atoms with Gasteiger partial charge in [0.25, 0.3) is 0 Å². The second-order valence-corrected chi connectivity index (χ2v) is 3.98. The third kappa shape index (κ3) is 3.31. The number of halogens is 1. The number of aryl methyl sites for hydroxylation is 1. The minimum atomic E-state index is -0.373. The Kier molecular flexibility index (Phi) is 3.79. The van der Waals surface area contributed by atoms with Crippen molar-refractivity contribution in [3.05, 3.63) is 41.5 Å². The van der Waals surface area contributed by atoms with Crippen LogP contribution in [0.3, 0.4) is 0 Å². The van der Waals surface area contributed by atoms with Gasteiger partial charge >= 0.3 is 0 Å². The lowest BCUT2D eigenvalue weighted by Crippen LogP contribution is -1.98. The third-order valence-corrected chi connectivity index (χ3v) is 2.37. The van der Waals surface area contributed by atoms with Crippen LogP contribution in [0.5, 0.6) is 5.75 Å². The first-order chi connectivity index (χ1) is 9.08. The predicted octanol–water partition coefficient (Wildman–Crippen LogP) is 2.19. The molecule has 6 heteroatoms. The predicted molar refractivity (Wildman–Crippen MR) is 71.9 cm³/mol. The molecule has 0 amide bonds. The average molecular weight is 262 g/mol.